The molecule has 0 fully saturated rings. The minimum absolute atomic E-state index is 0.0799. The topological polar surface area (TPSA) is 34.9 Å². The highest BCUT2D eigenvalue weighted by atomic mass is 32.2. The molecule has 0 unspecified atom stereocenters. The van der Waals surface area contributed by atoms with E-state index in [9.17, 15) is 4.79 Å². The molecule has 3 nitrogen and oxygen atoms in total. The monoisotopic (exact) mass is 268 g/mol. The first-order chi connectivity index (χ1) is 9.24. The first-order valence-corrected chi connectivity index (χ1v) is 6.73. The summed E-state index contributed by atoms with van der Waals surface area (Å²) in [5, 5.41) is 5.75. The van der Waals surface area contributed by atoms with Gasteiger partial charge in [-0.25, -0.2) is 0 Å². The van der Waals surface area contributed by atoms with Crippen LogP contribution in [0.2, 0.25) is 0 Å². The normalized spacial score (nSPS) is 10.8. The Labute approximate surface area is 115 Å². The van der Waals surface area contributed by atoms with Crippen molar-refractivity contribution in [1.82, 2.24) is 9.19 Å². The molecule has 0 radical (unpaired) electrons. The zero-order valence-corrected chi connectivity index (χ0v) is 11.2. The summed E-state index contributed by atoms with van der Waals surface area (Å²) >= 11 is 1.33. The van der Waals surface area contributed by atoms with Crippen molar-refractivity contribution in [2.24, 2.45) is 0 Å². The van der Waals surface area contributed by atoms with Crippen molar-refractivity contribution < 1.29 is 0 Å². The van der Waals surface area contributed by atoms with Crippen LogP contribution in [-0.2, 0) is 0 Å². The molecule has 2 aromatic carbocycles. The summed E-state index contributed by atoms with van der Waals surface area (Å²) in [7, 11) is 0. The lowest BCUT2D eigenvalue weighted by atomic mass is 10.2. The van der Waals surface area contributed by atoms with Crippen LogP contribution in [0.25, 0.3) is 10.8 Å². The van der Waals surface area contributed by atoms with E-state index in [2.05, 4.69) is 5.10 Å². The molecule has 1 aromatic heterocycles. The lowest BCUT2D eigenvalue weighted by molar-refractivity contribution is 0.934. The van der Waals surface area contributed by atoms with Crippen LogP contribution in [-0.4, -0.2) is 9.19 Å². The van der Waals surface area contributed by atoms with E-state index in [1.54, 1.807) is 6.20 Å². The first kappa shape index (κ1) is 12.0. The molecule has 0 saturated carbocycles. The summed E-state index contributed by atoms with van der Waals surface area (Å²) in [4.78, 5) is 13.3. The van der Waals surface area contributed by atoms with Gasteiger partial charge < -0.3 is 0 Å². The fraction of sp³-hybridized carbons (Fsp3) is 0.0667. The second kappa shape index (κ2) is 4.90. The lowest BCUT2D eigenvalue weighted by Gasteiger charge is -2.05. The van der Waals surface area contributed by atoms with Gasteiger partial charge in [0.2, 0.25) is 0 Å². The average molecular weight is 268 g/mol. The van der Waals surface area contributed by atoms with Crippen molar-refractivity contribution in [1.29, 1.82) is 0 Å². The maximum atomic E-state index is 12.3. The largest absolute Gasteiger partial charge is 0.285 e. The molecular formula is C15H12N2OS. The third-order valence-electron chi connectivity index (χ3n) is 2.88. The van der Waals surface area contributed by atoms with E-state index in [4.69, 9.17) is 0 Å². The summed E-state index contributed by atoms with van der Waals surface area (Å²) in [6.07, 6.45) is 1.72. The second-order valence-electron chi connectivity index (χ2n) is 4.31. The first-order valence-electron chi connectivity index (χ1n) is 5.96. The van der Waals surface area contributed by atoms with Gasteiger partial charge in [0.15, 0.2) is 0 Å². The zero-order valence-electron chi connectivity index (χ0n) is 10.4. The maximum Gasteiger partial charge on any atom is 0.285 e. The van der Waals surface area contributed by atoms with Crippen molar-refractivity contribution in [2.75, 3.05) is 0 Å². The highest BCUT2D eigenvalue weighted by Gasteiger charge is 2.04. The fourth-order valence-corrected chi connectivity index (χ4v) is 2.57. The molecule has 0 amide bonds. The quantitative estimate of drug-likeness (QED) is 0.715. The summed E-state index contributed by atoms with van der Waals surface area (Å²) < 4.78 is 1.42. The standard InChI is InChI=1S/C15H12N2OS/c1-11-6-8-13(9-7-11)19-17-15(18)14-5-3-2-4-12(14)10-16-17/h2-10H,1H3. The molecule has 0 atom stereocenters. The van der Waals surface area contributed by atoms with Crippen molar-refractivity contribution in [3.63, 3.8) is 0 Å². The van der Waals surface area contributed by atoms with E-state index in [0.717, 1.165) is 10.3 Å². The van der Waals surface area contributed by atoms with Crippen molar-refractivity contribution in [2.45, 2.75) is 11.8 Å². The van der Waals surface area contributed by atoms with Gasteiger partial charge in [0.1, 0.15) is 0 Å². The number of rotatable bonds is 2. The fourth-order valence-electron chi connectivity index (χ4n) is 1.84. The summed E-state index contributed by atoms with van der Waals surface area (Å²) in [5.41, 5.74) is 1.12. The molecule has 0 aliphatic carbocycles. The molecular weight excluding hydrogens is 256 g/mol. The van der Waals surface area contributed by atoms with Crippen molar-refractivity contribution in [3.8, 4) is 0 Å². The Kier molecular flexibility index (Phi) is 3.09. The van der Waals surface area contributed by atoms with Gasteiger partial charge in [0, 0.05) is 22.2 Å². The number of hydrogen-bond acceptors (Lipinski definition) is 3. The van der Waals surface area contributed by atoms with E-state index < -0.39 is 0 Å². The maximum absolute atomic E-state index is 12.3. The highest BCUT2D eigenvalue weighted by molar-refractivity contribution is 7.97. The summed E-state index contributed by atoms with van der Waals surface area (Å²) in [6.45, 7) is 2.04. The minimum atomic E-state index is -0.0799. The van der Waals surface area contributed by atoms with E-state index in [1.165, 1.54) is 21.6 Å². The van der Waals surface area contributed by atoms with Crippen LogP contribution in [0, 0.1) is 6.92 Å². The highest BCUT2D eigenvalue weighted by Crippen LogP contribution is 2.18. The Morgan fingerprint density at radius 1 is 1.05 bits per heavy atom. The Morgan fingerprint density at radius 3 is 2.58 bits per heavy atom. The van der Waals surface area contributed by atoms with Crippen LogP contribution < -0.4 is 5.56 Å². The Bertz CT molecular complexity index is 778. The molecule has 94 valence electrons. The molecule has 4 heteroatoms. The molecule has 0 aliphatic heterocycles. The number of fused-ring (bicyclic) bond motifs is 1. The molecule has 0 saturated heterocycles. The molecule has 0 N–H and O–H groups in total. The van der Waals surface area contributed by atoms with Crippen molar-refractivity contribution in [3.05, 3.63) is 70.6 Å². The molecule has 0 spiro atoms. The van der Waals surface area contributed by atoms with Gasteiger partial charge in [-0.2, -0.15) is 9.19 Å². The molecule has 0 aliphatic rings. The third kappa shape index (κ3) is 2.39. The predicted octanol–water partition coefficient (Wildman–Crippen LogP) is 3.26. The van der Waals surface area contributed by atoms with Gasteiger partial charge in [-0.05, 0) is 25.1 Å². The summed E-state index contributed by atoms with van der Waals surface area (Å²) in [5.74, 6) is 0. The van der Waals surface area contributed by atoms with Gasteiger partial charge in [-0.1, -0.05) is 35.9 Å². The van der Waals surface area contributed by atoms with Gasteiger partial charge in [0.25, 0.3) is 5.56 Å². The Balaban J connectivity index is 2.04. The lowest BCUT2D eigenvalue weighted by Crippen LogP contribution is -2.17. The van der Waals surface area contributed by atoms with Crippen LogP contribution in [0.3, 0.4) is 0 Å². The Hall–Kier alpha value is -2.07. The Morgan fingerprint density at radius 2 is 1.79 bits per heavy atom. The smallest absolute Gasteiger partial charge is 0.266 e. The number of benzene rings is 2. The van der Waals surface area contributed by atoms with Crippen molar-refractivity contribution >= 4 is 22.7 Å². The van der Waals surface area contributed by atoms with Crippen LogP contribution in [0.4, 0.5) is 0 Å². The van der Waals surface area contributed by atoms with E-state index >= 15 is 0 Å². The molecule has 3 rings (SSSR count). The van der Waals surface area contributed by atoms with Gasteiger partial charge >= 0.3 is 0 Å². The molecule has 1 heterocycles. The van der Waals surface area contributed by atoms with E-state index in [0.29, 0.717) is 5.39 Å². The second-order valence-corrected chi connectivity index (χ2v) is 5.31. The molecule has 19 heavy (non-hydrogen) atoms. The molecule has 3 aromatic rings. The predicted molar refractivity (Wildman–Crippen MR) is 78.4 cm³/mol. The summed E-state index contributed by atoms with van der Waals surface area (Å²) in [6, 6.07) is 15.5. The molecule has 0 bridgehead atoms. The van der Waals surface area contributed by atoms with Crippen LogP contribution in [0.15, 0.2) is 64.4 Å². The van der Waals surface area contributed by atoms with Crippen LogP contribution in [0.5, 0.6) is 0 Å². The van der Waals surface area contributed by atoms with E-state index in [-0.39, 0.29) is 5.56 Å². The van der Waals surface area contributed by atoms with Gasteiger partial charge in [-0.3, -0.25) is 4.79 Å². The minimum Gasteiger partial charge on any atom is -0.266 e. The number of hydrogen-bond donors (Lipinski definition) is 0. The van der Waals surface area contributed by atoms with Crippen LogP contribution in [0.1, 0.15) is 5.56 Å². The van der Waals surface area contributed by atoms with Gasteiger partial charge in [-0.15, -0.1) is 0 Å². The van der Waals surface area contributed by atoms with E-state index in [1.807, 2.05) is 55.5 Å². The SMILES string of the molecule is Cc1ccc(Sn2ncc3ccccc3c2=O)cc1. The number of nitrogens with zero attached hydrogens (tertiary/aromatic N) is 2. The third-order valence-corrected chi connectivity index (χ3v) is 3.80. The average Bonchev–Trinajstić information content (AvgIpc) is 2.45. The van der Waals surface area contributed by atoms with Crippen LogP contribution >= 0.6 is 11.9 Å². The van der Waals surface area contributed by atoms with Gasteiger partial charge in [0.05, 0.1) is 11.6 Å². The number of aromatic nitrogens is 2. The zero-order chi connectivity index (χ0) is 13.2. The number of aryl methyl sites for hydroxylation is 1.